The van der Waals surface area contributed by atoms with Crippen LogP contribution in [0.2, 0.25) is 0 Å². The van der Waals surface area contributed by atoms with Crippen LogP contribution >= 0.6 is 0 Å². The summed E-state index contributed by atoms with van der Waals surface area (Å²) in [6.45, 7) is 6.51. The molecule has 0 aliphatic rings. The molecule has 82 valence electrons. The van der Waals surface area contributed by atoms with Gasteiger partial charge >= 0.3 is 5.97 Å². The van der Waals surface area contributed by atoms with E-state index in [1.807, 2.05) is 26.8 Å². The Balaban J connectivity index is 3.51. The molecule has 0 aliphatic carbocycles. The average molecular weight is 198 g/mol. The monoisotopic (exact) mass is 198 g/mol. The minimum Gasteiger partial charge on any atom is -0.465 e. The van der Waals surface area contributed by atoms with Crippen LogP contribution in [0.5, 0.6) is 0 Å². The minimum absolute atomic E-state index is 0.0480. The van der Waals surface area contributed by atoms with Gasteiger partial charge in [-0.1, -0.05) is 26.0 Å². The third kappa shape index (κ3) is 6.70. The van der Waals surface area contributed by atoms with Gasteiger partial charge in [-0.3, -0.25) is 4.79 Å². The largest absolute Gasteiger partial charge is 0.465 e. The Hall–Kier alpha value is -0.790. The lowest BCUT2D eigenvalue weighted by molar-refractivity contribution is -0.148. The highest BCUT2D eigenvalue weighted by Crippen LogP contribution is 2.10. The van der Waals surface area contributed by atoms with Crippen molar-refractivity contribution in [1.82, 2.24) is 0 Å². The number of allylic oxidation sites excluding steroid dienone is 2. The summed E-state index contributed by atoms with van der Waals surface area (Å²) in [4.78, 5) is 11.3. The molecule has 0 amide bonds. The fraction of sp³-hybridized carbons (Fsp3) is 0.750. The second kappa shape index (κ2) is 8.79. The molecule has 0 radical (unpaired) electrons. The predicted octanol–water partition coefficient (Wildman–Crippen LogP) is 3.32. The van der Waals surface area contributed by atoms with Gasteiger partial charge in [-0.25, -0.2) is 0 Å². The van der Waals surface area contributed by atoms with Crippen LogP contribution in [0.4, 0.5) is 0 Å². The van der Waals surface area contributed by atoms with Crippen molar-refractivity contribution in [3.8, 4) is 0 Å². The molecule has 0 saturated carbocycles. The van der Waals surface area contributed by atoms with Crippen LogP contribution in [0.25, 0.3) is 0 Å². The van der Waals surface area contributed by atoms with E-state index in [0.29, 0.717) is 6.61 Å². The fourth-order valence-electron chi connectivity index (χ4n) is 1.17. The highest BCUT2D eigenvalue weighted by molar-refractivity contribution is 5.71. The molecular formula is C12H22O2. The summed E-state index contributed by atoms with van der Waals surface area (Å²) in [5.41, 5.74) is 0. The van der Waals surface area contributed by atoms with Gasteiger partial charge < -0.3 is 4.74 Å². The molecule has 1 atom stereocenters. The van der Waals surface area contributed by atoms with E-state index in [4.69, 9.17) is 4.74 Å². The Labute approximate surface area is 87.3 Å². The van der Waals surface area contributed by atoms with E-state index in [2.05, 4.69) is 6.08 Å². The maximum atomic E-state index is 11.3. The van der Waals surface area contributed by atoms with E-state index in [-0.39, 0.29) is 11.9 Å². The Morgan fingerprint density at radius 3 is 2.79 bits per heavy atom. The van der Waals surface area contributed by atoms with Crippen LogP contribution in [-0.4, -0.2) is 12.6 Å². The van der Waals surface area contributed by atoms with Gasteiger partial charge in [-0.15, -0.1) is 0 Å². The lowest BCUT2D eigenvalue weighted by Crippen LogP contribution is -2.15. The summed E-state index contributed by atoms with van der Waals surface area (Å²) < 4.78 is 5.05. The predicted molar refractivity (Wildman–Crippen MR) is 59.1 cm³/mol. The Kier molecular flexibility index (Phi) is 8.30. The molecule has 0 aliphatic heterocycles. The zero-order valence-corrected chi connectivity index (χ0v) is 9.58. The molecular weight excluding hydrogens is 176 g/mol. The van der Waals surface area contributed by atoms with Crippen LogP contribution in [0, 0.1) is 5.92 Å². The summed E-state index contributed by atoms with van der Waals surface area (Å²) >= 11 is 0. The molecule has 0 aromatic rings. The van der Waals surface area contributed by atoms with Crippen LogP contribution < -0.4 is 0 Å². The topological polar surface area (TPSA) is 26.3 Å². The van der Waals surface area contributed by atoms with Crippen molar-refractivity contribution < 1.29 is 9.53 Å². The lowest BCUT2D eigenvalue weighted by atomic mass is 10.0. The maximum absolute atomic E-state index is 11.3. The first-order valence-electron chi connectivity index (χ1n) is 5.50. The van der Waals surface area contributed by atoms with Gasteiger partial charge in [-0.2, -0.15) is 0 Å². The fourth-order valence-corrected chi connectivity index (χ4v) is 1.17. The number of ether oxygens (including phenoxy) is 1. The van der Waals surface area contributed by atoms with Gasteiger partial charge in [0, 0.05) is 0 Å². The molecule has 1 unspecified atom stereocenters. The molecule has 2 nitrogen and oxygen atoms in total. The molecule has 0 saturated heterocycles. The van der Waals surface area contributed by atoms with E-state index in [1.165, 1.54) is 0 Å². The molecule has 0 fully saturated rings. The van der Waals surface area contributed by atoms with Crippen molar-refractivity contribution in [1.29, 1.82) is 0 Å². The maximum Gasteiger partial charge on any atom is 0.308 e. The van der Waals surface area contributed by atoms with Crippen LogP contribution in [0.15, 0.2) is 12.2 Å². The van der Waals surface area contributed by atoms with Crippen molar-refractivity contribution in [3.05, 3.63) is 12.2 Å². The van der Waals surface area contributed by atoms with Gasteiger partial charge in [0.2, 0.25) is 0 Å². The number of rotatable bonds is 7. The highest BCUT2D eigenvalue weighted by Gasteiger charge is 2.12. The van der Waals surface area contributed by atoms with E-state index in [0.717, 1.165) is 25.7 Å². The molecule has 0 heterocycles. The van der Waals surface area contributed by atoms with E-state index < -0.39 is 0 Å². The third-order valence-electron chi connectivity index (χ3n) is 2.09. The summed E-state index contributed by atoms with van der Waals surface area (Å²) in [5, 5.41) is 0. The lowest BCUT2D eigenvalue weighted by Gasteiger charge is -2.09. The smallest absolute Gasteiger partial charge is 0.308 e. The summed E-state index contributed by atoms with van der Waals surface area (Å²) in [5.74, 6) is -0.000802. The van der Waals surface area contributed by atoms with Crippen LogP contribution in [0.1, 0.15) is 46.5 Å². The number of unbranched alkanes of at least 4 members (excludes halogenated alkanes) is 1. The van der Waals surface area contributed by atoms with E-state index >= 15 is 0 Å². The molecule has 0 bridgehead atoms. The number of carbonyl (C=O) groups excluding carboxylic acids is 1. The molecule has 0 rings (SSSR count). The zero-order valence-electron chi connectivity index (χ0n) is 9.58. The Morgan fingerprint density at radius 2 is 2.21 bits per heavy atom. The quantitative estimate of drug-likeness (QED) is 0.356. The van der Waals surface area contributed by atoms with Crippen molar-refractivity contribution in [2.24, 2.45) is 5.92 Å². The highest BCUT2D eigenvalue weighted by atomic mass is 16.5. The molecule has 0 spiro atoms. The van der Waals surface area contributed by atoms with Crippen molar-refractivity contribution in [3.63, 3.8) is 0 Å². The normalized spacial score (nSPS) is 13.1. The van der Waals surface area contributed by atoms with Gasteiger partial charge in [0.25, 0.3) is 0 Å². The molecule has 0 aromatic carbocycles. The summed E-state index contributed by atoms with van der Waals surface area (Å²) in [6.07, 6.45) is 8.11. The number of hydrogen-bond acceptors (Lipinski definition) is 2. The first kappa shape index (κ1) is 13.2. The Bertz CT molecular complexity index is 173. The van der Waals surface area contributed by atoms with Crippen LogP contribution in [0.3, 0.4) is 0 Å². The molecule has 14 heavy (non-hydrogen) atoms. The number of hydrogen-bond donors (Lipinski definition) is 0. The SMILES string of the molecule is CC=CCCCC(C)C(=O)OCCC. The Morgan fingerprint density at radius 1 is 1.50 bits per heavy atom. The van der Waals surface area contributed by atoms with Crippen molar-refractivity contribution in [2.45, 2.75) is 46.5 Å². The number of esters is 1. The molecule has 0 N–H and O–H groups in total. The number of carbonyl (C=O) groups is 1. The average Bonchev–Trinajstić information content (AvgIpc) is 2.20. The zero-order chi connectivity index (χ0) is 10.8. The van der Waals surface area contributed by atoms with Crippen molar-refractivity contribution >= 4 is 5.97 Å². The van der Waals surface area contributed by atoms with Crippen LogP contribution in [-0.2, 0) is 9.53 Å². The van der Waals surface area contributed by atoms with E-state index in [9.17, 15) is 4.79 Å². The first-order valence-corrected chi connectivity index (χ1v) is 5.50. The van der Waals surface area contributed by atoms with Gasteiger partial charge in [0.05, 0.1) is 12.5 Å². The molecule has 0 aromatic heterocycles. The first-order chi connectivity index (χ1) is 6.72. The molecule has 2 heteroatoms. The summed E-state index contributed by atoms with van der Waals surface area (Å²) in [7, 11) is 0. The minimum atomic E-state index is -0.0488. The van der Waals surface area contributed by atoms with Gasteiger partial charge in [-0.05, 0) is 32.6 Å². The van der Waals surface area contributed by atoms with Gasteiger partial charge in [0.1, 0.15) is 0 Å². The standard InChI is InChI=1S/C12H22O2/c1-4-6-7-8-9-11(3)12(13)14-10-5-2/h4,6,11H,5,7-10H2,1-3H3. The summed E-state index contributed by atoms with van der Waals surface area (Å²) in [6, 6.07) is 0. The third-order valence-corrected chi connectivity index (χ3v) is 2.09. The second-order valence-corrected chi connectivity index (χ2v) is 3.57. The second-order valence-electron chi connectivity index (χ2n) is 3.57. The van der Waals surface area contributed by atoms with Gasteiger partial charge in [0.15, 0.2) is 0 Å². The van der Waals surface area contributed by atoms with Crippen molar-refractivity contribution in [2.75, 3.05) is 6.61 Å². The van der Waals surface area contributed by atoms with E-state index in [1.54, 1.807) is 0 Å².